The Bertz CT molecular complexity index is 1880. The van der Waals surface area contributed by atoms with Crippen molar-refractivity contribution in [2.24, 2.45) is 5.92 Å². The van der Waals surface area contributed by atoms with E-state index in [9.17, 15) is 39.9 Å². The normalized spacial score (nSPS) is 29.4. The summed E-state index contributed by atoms with van der Waals surface area (Å²) in [5.74, 6) is -2.78. The lowest BCUT2D eigenvalue weighted by Crippen LogP contribution is -2.60. The number of carbonyl (C=O) groups is 3. The number of anilines is 2. The molecule has 0 radical (unpaired) electrons. The number of aliphatic hydroxyl groups excluding tert-OH is 5. The fourth-order valence-electron chi connectivity index (χ4n) is 8.45. The van der Waals surface area contributed by atoms with Gasteiger partial charge in [-0.05, 0) is 56.1 Å². The summed E-state index contributed by atoms with van der Waals surface area (Å²) in [6.07, 6.45) is -6.91. The monoisotopic (exact) mass is 799 g/mol. The van der Waals surface area contributed by atoms with Crippen molar-refractivity contribution < 1.29 is 58.2 Å². The van der Waals surface area contributed by atoms with Gasteiger partial charge in [-0.15, -0.1) is 5.10 Å². The van der Waals surface area contributed by atoms with Crippen LogP contribution in [0.25, 0.3) is 0 Å². The lowest BCUT2D eigenvalue weighted by molar-refractivity contribution is -0.274. The van der Waals surface area contributed by atoms with Crippen molar-refractivity contribution in [3.8, 4) is 0 Å². The summed E-state index contributed by atoms with van der Waals surface area (Å²) in [5, 5.41) is 61.8. The Hall–Kier alpha value is -4.14. The molecule has 1 unspecified atom stereocenters. The van der Waals surface area contributed by atoms with Crippen LogP contribution in [0.3, 0.4) is 0 Å². The molecule has 6 N–H and O–H groups in total. The Balaban J connectivity index is 1.30. The predicted molar refractivity (Wildman–Crippen MR) is 200 cm³/mol. The maximum atomic E-state index is 16.5. The average molecular weight is 800 g/mol. The Kier molecular flexibility index (Phi) is 12.4. The summed E-state index contributed by atoms with van der Waals surface area (Å²) in [6.45, 7) is 5.28. The fourth-order valence-corrected chi connectivity index (χ4v) is 11.0. The van der Waals surface area contributed by atoms with E-state index in [0.29, 0.717) is 29.8 Å². The number of benzene rings is 2. The number of rotatable bonds is 14. The number of ether oxygens (including phenoxy) is 3. The third-order valence-electron chi connectivity index (χ3n) is 11.3. The first-order valence-corrected chi connectivity index (χ1v) is 21.7. The highest BCUT2D eigenvalue weighted by Gasteiger charge is 2.66. The molecule has 4 heterocycles. The van der Waals surface area contributed by atoms with E-state index >= 15 is 4.11 Å². The lowest BCUT2D eigenvalue weighted by Gasteiger charge is -2.37. The number of esters is 1. The first kappa shape index (κ1) is 41.5. The second-order valence-corrected chi connectivity index (χ2v) is 19.0. The molecule has 16 nitrogen and oxygen atoms in total. The number of nitrogens with one attached hydrogen (secondary N) is 1. The van der Waals surface area contributed by atoms with Gasteiger partial charge in [-0.25, -0.2) is 0 Å². The number of halogens is 1. The summed E-state index contributed by atoms with van der Waals surface area (Å²) < 4.78 is 34.8. The number of methoxy groups -OCH3 is 1. The van der Waals surface area contributed by atoms with E-state index in [4.69, 9.17) is 14.2 Å². The molecule has 1 aromatic heterocycles. The summed E-state index contributed by atoms with van der Waals surface area (Å²) in [6, 6.07) is 14.1. The third-order valence-corrected chi connectivity index (χ3v) is 13.7. The Morgan fingerprint density at radius 3 is 2.46 bits per heavy atom. The molecule has 3 aliphatic rings. The molecule has 2 aromatic carbocycles. The molecule has 1 spiro atoms. The maximum Gasteiger partial charge on any atom is 0.305 e. The largest absolute Gasteiger partial charge is 0.469 e. The van der Waals surface area contributed by atoms with Crippen LogP contribution in [0.2, 0.25) is 18.6 Å². The molecule has 0 saturated carbocycles. The highest BCUT2D eigenvalue weighted by atomic mass is 28.4. The zero-order valence-electron chi connectivity index (χ0n) is 31.7. The van der Waals surface area contributed by atoms with Gasteiger partial charge in [0.1, 0.15) is 18.3 Å². The van der Waals surface area contributed by atoms with Gasteiger partial charge < -0.3 is 54.1 Å². The molecule has 10 atom stereocenters. The number of unbranched alkanes of at least 4 members (excludes halogenated alkanes) is 1. The van der Waals surface area contributed by atoms with Crippen LogP contribution >= 0.6 is 0 Å². The lowest BCUT2D eigenvalue weighted by atomic mass is 9.82. The number of aromatic nitrogens is 3. The molecule has 0 bridgehead atoms. The molecule has 304 valence electrons. The summed E-state index contributed by atoms with van der Waals surface area (Å²) in [4.78, 5) is 41.5. The number of aryl methyl sites for hydroxylation is 1. The van der Waals surface area contributed by atoms with Gasteiger partial charge >= 0.3 is 5.97 Å². The number of carbonyl (C=O) groups excluding carboxylic acids is 3. The number of aliphatic hydroxyl groups is 5. The molecule has 2 saturated heterocycles. The van der Waals surface area contributed by atoms with E-state index in [1.54, 1.807) is 47.9 Å². The number of fused-ring (bicyclic) bond motifs is 2. The Morgan fingerprint density at radius 2 is 1.79 bits per heavy atom. The minimum Gasteiger partial charge on any atom is -0.469 e. The predicted octanol–water partition coefficient (Wildman–Crippen LogP) is 1.70. The maximum absolute atomic E-state index is 16.5. The molecule has 56 heavy (non-hydrogen) atoms. The molecule has 2 fully saturated rings. The van der Waals surface area contributed by atoms with Crippen molar-refractivity contribution in [2.45, 2.75) is 106 Å². The fraction of sp³-hybridized carbons (Fsp3) is 0.553. The van der Waals surface area contributed by atoms with E-state index in [1.165, 1.54) is 13.2 Å². The highest BCUT2D eigenvalue weighted by Crippen LogP contribution is 2.60. The van der Waals surface area contributed by atoms with E-state index in [2.05, 4.69) is 15.6 Å². The topological polar surface area (TPSA) is 226 Å². The van der Waals surface area contributed by atoms with Crippen molar-refractivity contribution in [3.05, 3.63) is 71.5 Å². The smallest absolute Gasteiger partial charge is 0.305 e. The first-order chi connectivity index (χ1) is 26.6. The van der Waals surface area contributed by atoms with Crippen molar-refractivity contribution in [1.82, 2.24) is 15.0 Å². The quantitative estimate of drug-likeness (QED) is 0.0592. The zero-order valence-corrected chi connectivity index (χ0v) is 32.7. The molecular weight excluding hydrogens is 750 g/mol. The van der Waals surface area contributed by atoms with Crippen molar-refractivity contribution in [2.75, 3.05) is 30.5 Å². The van der Waals surface area contributed by atoms with Gasteiger partial charge in [-0.1, -0.05) is 42.5 Å². The van der Waals surface area contributed by atoms with Gasteiger partial charge in [0.15, 0.2) is 18.0 Å². The third kappa shape index (κ3) is 7.88. The highest BCUT2D eigenvalue weighted by molar-refractivity contribution is 6.72. The van der Waals surface area contributed by atoms with Gasteiger partial charge in [0, 0.05) is 48.4 Å². The number of nitrogens with zero attached hydrogens (tertiary/aromatic N) is 4. The molecule has 0 aliphatic carbocycles. The zero-order chi connectivity index (χ0) is 40.5. The molecular formula is C38H50FN5O11Si. The van der Waals surface area contributed by atoms with Crippen molar-refractivity contribution in [1.29, 1.82) is 0 Å². The van der Waals surface area contributed by atoms with Crippen LogP contribution in [0, 0.1) is 5.92 Å². The van der Waals surface area contributed by atoms with Gasteiger partial charge in [-0.3, -0.25) is 19.1 Å². The molecule has 18 heteroatoms. The number of hydrogen-bond acceptors (Lipinski definition) is 13. The minimum absolute atomic E-state index is 0.157. The first-order valence-electron chi connectivity index (χ1n) is 18.8. The van der Waals surface area contributed by atoms with Crippen LogP contribution < -0.4 is 10.2 Å². The van der Waals surface area contributed by atoms with Crippen molar-refractivity contribution >= 4 is 37.6 Å². The number of amides is 2. The van der Waals surface area contributed by atoms with E-state index < -0.39 is 80.0 Å². The summed E-state index contributed by atoms with van der Waals surface area (Å²) in [5.41, 5.74) is 0.163. The second-order valence-electron chi connectivity index (χ2n) is 15.2. The minimum atomic E-state index is -3.56. The summed E-state index contributed by atoms with van der Waals surface area (Å²) >= 11 is 0. The van der Waals surface area contributed by atoms with Crippen LogP contribution in [0.5, 0.6) is 0 Å². The molecule has 3 aromatic rings. The Morgan fingerprint density at radius 1 is 1.05 bits per heavy atom. The standard InChI is InChI=1S/C38H50FN5O11Si/c1-21-34(56(3,4)39)28(15-17-43-19-26(41-42-43)24(20-45)22-10-6-5-7-11-22)55-38(21)25-18-23(40-35(50)33-31(48)30(47)32(49)36(51)54-33)13-14-27(25)44(37(38)52)16-9-8-12-29(46)53-2/h5-7,10-11,13-14,18-19,21,24,28,30-34,36,45,47-49,51H,8-9,12,15-17,20H2,1-4H3,(H,40,50)/t21-,24?,28+,30+,31+,32-,33+,34-,36-,38+/m1/s1. The van der Waals surface area contributed by atoms with Gasteiger partial charge in [0.05, 0.1) is 37.1 Å². The Labute approximate surface area is 324 Å². The SMILES string of the molecule is COC(=O)CCCCN1C(=O)[C@@]2(O[C@@H](CCn3cc(C(CO)c4ccccc4)nn3)[C@H]([Si](C)(C)F)[C@H]2C)c2cc(NC(=O)[C@H]3O[C@@H](O)[C@H](O)[C@@H](O)[C@@H]3O)ccc21. The van der Waals surface area contributed by atoms with Gasteiger partial charge in [-0.2, -0.15) is 0 Å². The molecule has 3 aliphatic heterocycles. The molecule has 6 rings (SSSR count). The van der Waals surface area contributed by atoms with E-state index in [1.807, 2.05) is 30.3 Å². The van der Waals surface area contributed by atoms with Crippen LogP contribution in [-0.2, 0) is 40.7 Å². The van der Waals surface area contributed by atoms with E-state index in [0.717, 1.165) is 5.56 Å². The van der Waals surface area contributed by atoms with E-state index in [-0.39, 0.29) is 44.2 Å². The molecule has 2 amide bonds. The van der Waals surface area contributed by atoms with Crippen LogP contribution in [-0.4, -0.2) is 124 Å². The van der Waals surface area contributed by atoms with Crippen LogP contribution in [0.15, 0.2) is 54.7 Å². The van der Waals surface area contributed by atoms with Crippen LogP contribution in [0.4, 0.5) is 15.5 Å². The number of hydrogen-bond donors (Lipinski definition) is 6. The van der Waals surface area contributed by atoms with Gasteiger partial charge in [0.25, 0.3) is 11.8 Å². The van der Waals surface area contributed by atoms with Crippen molar-refractivity contribution in [3.63, 3.8) is 0 Å². The van der Waals surface area contributed by atoms with Gasteiger partial charge in [0.2, 0.25) is 8.41 Å². The average Bonchev–Trinajstić information content (AvgIpc) is 3.83. The van der Waals surface area contributed by atoms with Crippen LogP contribution in [0.1, 0.15) is 55.3 Å². The second kappa shape index (κ2) is 16.8. The summed E-state index contributed by atoms with van der Waals surface area (Å²) in [7, 11) is -2.26.